The zero-order valence-electron chi connectivity index (χ0n) is 9.70. The van der Waals surface area contributed by atoms with Crippen molar-refractivity contribution in [2.75, 3.05) is 6.61 Å². The van der Waals surface area contributed by atoms with Gasteiger partial charge in [-0.05, 0) is 0 Å². The molecule has 5 heteroatoms. The van der Waals surface area contributed by atoms with Gasteiger partial charge >= 0.3 is 96.3 Å². The van der Waals surface area contributed by atoms with Crippen molar-refractivity contribution in [3.63, 3.8) is 0 Å². The molecular formula is C12H16Ac2O2Se. The Balaban J connectivity index is 0.00000128. The van der Waals surface area contributed by atoms with Crippen molar-refractivity contribution >= 4 is 19.4 Å². The summed E-state index contributed by atoms with van der Waals surface area (Å²) in [5.74, 6) is 0.315. The van der Waals surface area contributed by atoms with Crippen LogP contribution in [0.2, 0.25) is 4.82 Å². The summed E-state index contributed by atoms with van der Waals surface area (Å²) in [5, 5.41) is 18.9. The topological polar surface area (TPSA) is 40.5 Å². The first-order chi connectivity index (χ1) is 7.29. The van der Waals surface area contributed by atoms with Crippen LogP contribution in [0.25, 0.3) is 0 Å². The Bertz CT molecular complexity index is 311. The van der Waals surface area contributed by atoms with Gasteiger partial charge in [-0.3, -0.25) is 0 Å². The molecule has 0 bridgehead atoms. The fourth-order valence-electron chi connectivity index (χ4n) is 2.02. The van der Waals surface area contributed by atoms with Crippen LogP contribution in [-0.4, -0.2) is 37.9 Å². The molecule has 1 fully saturated rings. The Kier molecular flexibility index (Phi) is 11.8. The number of benzene rings is 1. The molecule has 0 aliphatic heterocycles. The van der Waals surface area contributed by atoms with Gasteiger partial charge in [-0.2, -0.15) is 0 Å². The minimum Gasteiger partial charge on any atom is 0 e. The monoisotopic (exact) mass is 726 g/mol. The van der Waals surface area contributed by atoms with Crippen LogP contribution in [0, 0.1) is 94.0 Å². The fourth-order valence-corrected chi connectivity index (χ4v) is 4.75. The maximum Gasteiger partial charge on any atom is 0 e. The number of aliphatic hydroxyl groups is 2. The van der Waals surface area contributed by atoms with Gasteiger partial charge in [-0.25, -0.2) is 0 Å². The molecule has 0 heterocycles. The first-order valence-electron chi connectivity index (χ1n) is 5.30. The van der Waals surface area contributed by atoms with E-state index in [1.165, 1.54) is 4.46 Å². The first kappa shape index (κ1) is 19.5. The summed E-state index contributed by atoms with van der Waals surface area (Å²) in [6.07, 6.45) is 1.55. The molecule has 3 atom stereocenters. The Morgan fingerprint density at radius 3 is 2.29 bits per heavy atom. The number of hydrogen-bond acceptors (Lipinski definition) is 2. The predicted octanol–water partition coefficient (Wildman–Crippen LogP) is 0.568. The molecule has 2 rings (SSSR count). The Morgan fingerprint density at radius 1 is 1.12 bits per heavy atom. The summed E-state index contributed by atoms with van der Waals surface area (Å²) < 4.78 is 1.34. The maximum absolute atomic E-state index is 9.86. The third-order valence-corrected chi connectivity index (χ3v) is 5.70. The predicted molar refractivity (Wildman–Crippen MR) is 61.4 cm³/mol. The average Bonchev–Trinajstić information content (AvgIpc) is 2.61. The van der Waals surface area contributed by atoms with Gasteiger partial charge in [0.2, 0.25) is 0 Å². The molecule has 88 valence electrons. The van der Waals surface area contributed by atoms with Crippen molar-refractivity contribution in [3.05, 3.63) is 30.3 Å². The minimum absolute atomic E-state index is 0. The molecule has 1 saturated carbocycles. The molecule has 1 aromatic rings. The van der Waals surface area contributed by atoms with Crippen LogP contribution in [0.1, 0.15) is 12.8 Å². The Morgan fingerprint density at radius 2 is 1.76 bits per heavy atom. The van der Waals surface area contributed by atoms with Gasteiger partial charge in [0.25, 0.3) is 0 Å². The van der Waals surface area contributed by atoms with Gasteiger partial charge in [-0.15, -0.1) is 0 Å². The SMILES string of the molecule is OCC1CC(O)C([Se]c2ccccc2)C1.[Ac].[Ac]. The summed E-state index contributed by atoms with van der Waals surface area (Å²) in [6.45, 7) is 0.221. The van der Waals surface area contributed by atoms with Crippen molar-refractivity contribution in [2.24, 2.45) is 5.92 Å². The van der Waals surface area contributed by atoms with Gasteiger partial charge < -0.3 is 0 Å². The van der Waals surface area contributed by atoms with E-state index < -0.39 is 0 Å². The van der Waals surface area contributed by atoms with Crippen LogP contribution in [0.5, 0.6) is 0 Å². The molecule has 1 aromatic carbocycles. The van der Waals surface area contributed by atoms with E-state index in [-0.39, 0.29) is 101 Å². The van der Waals surface area contributed by atoms with Crippen LogP contribution in [-0.2, 0) is 0 Å². The van der Waals surface area contributed by atoms with Crippen molar-refractivity contribution in [3.8, 4) is 0 Å². The van der Waals surface area contributed by atoms with Crippen LogP contribution in [0.4, 0.5) is 0 Å². The van der Waals surface area contributed by atoms with Crippen LogP contribution >= 0.6 is 0 Å². The zero-order chi connectivity index (χ0) is 10.7. The Hall–Kier alpha value is 2.54. The fraction of sp³-hybridized carbons (Fsp3) is 0.500. The van der Waals surface area contributed by atoms with Gasteiger partial charge in [0.15, 0.2) is 0 Å². The molecule has 0 spiro atoms. The summed E-state index contributed by atoms with van der Waals surface area (Å²) in [4.78, 5) is 0.386. The van der Waals surface area contributed by atoms with E-state index in [9.17, 15) is 5.11 Å². The number of rotatable bonds is 3. The molecule has 0 amide bonds. The van der Waals surface area contributed by atoms with Crippen molar-refractivity contribution in [2.45, 2.75) is 23.8 Å². The second kappa shape index (κ2) is 10.3. The molecule has 2 radical (unpaired) electrons. The standard InChI is InChI=1S/C12H16O2Se.2Ac/c13-8-9-6-11(14)12(7-9)15-10-4-2-1-3-5-10;;/h1-5,9,11-14H,6-8H2;;. The number of hydrogen-bond donors (Lipinski definition) is 2. The van der Waals surface area contributed by atoms with Crippen molar-refractivity contribution in [1.82, 2.24) is 0 Å². The first-order valence-corrected chi connectivity index (χ1v) is 7.15. The third kappa shape index (κ3) is 6.23. The summed E-state index contributed by atoms with van der Waals surface area (Å²) >= 11 is 0.338. The van der Waals surface area contributed by atoms with Crippen LogP contribution in [0.15, 0.2) is 30.3 Å². The van der Waals surface area contributed by atoms with E-state index in [1.807, 2.05) is 18.2 Å². The van der Waals surface area contributed by atoms with Gasteiger partial charge in [0, 0.05) is 88.1 Å². The summed E-state index contributed by atoms with van der Waals surface area (Å²) in [6, 6.07) is 10.4. The molecule has 0 aromatic heterocycles. The normalized spacial score (nSPS) is 27.1. The van der Waals surface area contributed by atoms with Gasteiger partial charge in [0.1, 0.15) is 0 Å². The van der Waals surface area contributed by atoms with E-state index in [0.717, 1.165) is 12.8 Å². The molecular weight excluding hydrogens is 709 g/mol. The van der Waals surface area contributed by atoms with Crippen LogP contribution < -0.4 is 4.46 Å². The van der Waals surface area contributed by atoms with E-state index in [1.54, 1.807) is 0 Å². The van der Waals surface area contributed by atoms with Crippen molar-refractivity contribution in [1.29, 1.82) is 0 Å². The molecule has 1 aliphatic rings. The minimum atomic E-state index is -0.206. The van der Waals surface area contributed by atoms with Gasteiger partial charge in [0.05, 0.1) is 0 Å². The molecule has 0 saturated heterocycles. The van der Waals surface area contributed by atoms with E-state index in [4.69, 9.17) is 5.11 Å². The van der Waals surface area contributed by atoms with Crippen LogP contribution in [0.3, 0.4) is 0 Å². The molecule has 2 nitrogen and oxygen atoms in total. The van der Waals surface area contributed by atoms with Gasteiger partial charge in [-0.1, -0.05) is 0 Å². The van der Waals surface area contributed by atoms with E-state index in [2.05, 4.69) is 12.1 Å². The Labute approximate surface area is 181 Å². The largest absolute Gasteiger partial charge is 0 e. The smallest absolute Gasteiger partial charge is 0 e. The average molecular weight is 725 g/mol. The van der Waals surface area contributed by atoms with E-state index in [0.29, 0.717) is 25.7 Å². The summed E-state index contributed by atoms with van der Waals surface area (Å²) in [7, 11) is 0. The van der Waals surface area contributed by atoms with Crippen molar-refractivity contribution < 1.29 is 98.3 Å². The second-order valence-corrected chi connectivity index (χ2v) is 6.81. The summed E-state index contributed by atoms with van der Waals surface area (Å²) in [5.41, 5.74) is 0. The number of aliphatic hydroxyl groups excluding tert-OH is 2. The quantitative estimate of drug-likeness (QED) is 0.449. The maximum atomic E-state index is 9.86. The second-order valence-electron chi connectivity index (χ2n) is 4.06. The zero-order valence-corrected chi connectivity index (χ0v) is 20.9. The third-order valence-electron chi connectivity index (χ3n) is 2.86. The van der Waals surface area contributed by atoms with E-state index >= 15 is 0 Å². The molecule has 2 N–H and O–H groups in total. The molecule has 3 unspecified atom stereocenters. The molecule has 1 aliphatic carbocycles. The molecule has 17 heavy (non-hydrogen) atoms.